The Labute approximate surface area is 688 Å². The van der Waals surface area contributed by atoms with E-state index in [1.54, 1.807) is 56.3 Å². The molecule has 38 heteroatoms. The minimum atomic E-state index is -1.92. The van der Waals surface area contributed by atoms with Gasteiger partial charge in [-0.2, -0.15) is 0 Å². The van der Waals surface area contributed by atoms with Crippen LogP contribution in [0.2, 0.25) is 5.02 Å². The molecule has 118 heavy (non-hydrogen) atoms. The molecule has 0 radical (unpaired) electrons. The van der Waals surface area contributed by atoms with Crippen LogP contribution in [0.4, 0.5) is 9.59 Å². The van der Waals surface area contributed by atoms with E-state index in [-0.39, 0.29) is 115 Å². The number of likely N-dealkylation sites (tertiary alicyclic amines) is 1. The van der Waals surface area contributed by atoms with Gasteiger partial charge in [0.15, 0.2) is 11.8 Å². The Hall–Kier alpha value is -11.7. The van der Waals surface area contributed by atoms with Gasteiger partial charge in [-0.25, -0.2) is 9.59 Å². The maximum absolute atomic E-state index is 15.2. The molecule has 0 saturated carbocycles. The first-order valence-electron chi connectivity index (χ1n) is 39.7. The summed E-state index contributed by atoms with van der Waals surface area (Å²) in [4.78, 5) is 238. The van der Waals surface area contributed by atoms with Gasteiger partial charge in [0.2, 0.25) is 82.7 Å². The number of aromatic nitrogens is 1. The zero-order chi connectivity index (χ0) is 86.1. The number of imide groups is 1. The van der Waals surface area contributed by atoms with E-state index in [0.717, 1.165) is 10.8 Å². The second-order valence-corrected chi connectivity index (χ2v) is 30.7. The van der Waals surface area contributed by atoms with Gasteiger partial charge in [0.25, 0.3) is 0 Å². The van der Waals surface area contributed by atoms with Crippen molar-refractivity contribution in [2.24, 2.45) is 11.7 Å². The number of hydrogen-bond acceptors (Lipinski definition) is 20. The normalized spacial score (nSPS) is 17.5. The van der Waals surface area contributed by atoms with E-state index < -0.39 is 186 Å². The molecule has 12 atom stereocenters. The summed E-state index contributed by atoms with van der Waals surface area (Å²) in [5, 5.41) is 54.7. The van der Waals surface area contributed by atoms with Crippen molar-refractivity contribution in [2.75, 3.05) is 39.3 Å². The van der Waals surface area contributed by atoms with Crippen molar-refractivity contribution in [2.45, 2.75) is 223 Å². The second kappa shape index (κ2) is 46.9. The number of primary amides is 1. The van der Waals surface area contributed by atoms with Crippen molar-refractivity contribution in [1.29, 1.82) is 0 Å². The number of benzene rings is 3. The number of aliphatic hydroxyl groups is 1. The molecule has 7 rings (SSSR count). The van der Waals surface area contributed by atoms with Crippen molar-refractivity contribution < 1.29 is 86.6 Å². The number of nitrogens with one attached hydrogen (secondary N) is 16. The molecule has 0 bridgehead atoms. The fourth-order valence-corrected chi connectivity index (χ4v) is 13.7. The number of amides is 18. The molecule has 3 fully saturated rings. The van der Waals surface area contributed by atoms with E-state index in [0.29, 0.717) is 47.5 Å². The molecule has 1 aromatic heterocycles. The van der Waals surface area contributed by atoms with Crippen LogP contribution in [0.5, 0.6) is 0 Å². The number of halogens is 1. The van der Waals surface area contributed by atoms with Gasteiger partial charge in [0, 0.05) is 69.3 Å². The standard InChI is InChI=1S/C80H110ClN19O18/c1-44(2)35-57(71(109)92-56(22-11-12-31-84-45(3)4)78(116)100-34-16-23-63(100)76(114)88-46(5)67(82)105)93-70(108)55(21-9-13-32-85-68(106)61-40-65(104)98-80(118)97-61)90-69(107)54(20-10-14-33-86-77(115)66-64(103)42-87-79(117)99-66)91-75(113)62(43-101)96-74(112)60(39-50-17-15-30-83-41-50)95-73(111)59(37-48-25-28-53(81)29-26-48)94-72(110)58(89-47(6)102)38-49-24-27-51-18-7-8-19-52(51)36-49/h7-8,15,17-19,24-30,36,41,44-46,54-63,66,84,101H,9-14,16,20-23,31-35,37-40,42-43H2,1-6H3,(H2,82,105)(H,85,106)(H,86,115)(H,88,114)(H,89,102)(H,90,107)(H,91,113)(H,92,109)(H,93,108)(H,94,110)(H,95,111)(H,96,112)(H2,87,99,117)(H2,97,98,104,118)/t46-,54+,55-,56+,57+,58-,59-,60-,61+,62+,63+,66+/m1/s1. The van der Waals surface area contributed by atoms with Crippen LogP contribution in [-0.4, -0.2) is 233 Å². The lowest BCUT2D eigenvalue weighted by Crippen LogP contribution is -2.61. The van der Waals surface area contributed by atoms with Crippen LogP contribution in [0.3, 0.4) is 0 Å². The highest BCUT2D eigenvalue weighted by Crippen LogP contribution is 2.23. The number of Topliss-reactive ketones (excluding diaryl/α,β-unsaturated/α-hetero) is 1. The monoisotopic (exact) mass is 1660 g/mol. The van der Waals surface area contributed by atoms with Gasteiger partial charge >= 0.3 is 12.1 Å². The van der Waals surface area contributed by atoms with Crippen LogP contribution in [0.1, 0.15) is 142 Å². The Balaban J connectivity index is 1.17. The Bertz CT molecular complexity index is 4220. The zero-order valence-electron chi connectivity index (χ0n) is 67.0. The topological polar surface area (TPSA) is 545 Å². The van der Waals surface area contributed by atoms with E-state index >= 15 is 9.59 Å². The average Bonchev–Trinajstić information content (AvgIpc) is 1.47. The lowest BCUT2D eigenvalue weighted by atomic mass is 9.99. The predicted molar refractivity (Wildman–Crippen MR) is 431 cm³/mol. The summed E-state index contributed by atoms with van der Waals surface area (Å²) in [6.07, 6.45) is 3.32. The Morgan fingerprint density at radius 2 is 1.08 bits per heavy atom. The molecule has 3 aromatic carbocycles. The molecule has 0 spiro atoms. The van der Waals surface area contributed by atoms with Crippen LogP contribution >= 0.6 is 11.6 Å². The third-order valence-corrected chi connectivity index (χ3v) is 20.1. The number of ketones is 1. The van der Waals surface area contributed by atoms with Crippen LogP contribution in [0, 0.1) is 5.92 Å². The summed E-state index contributed by atoms with van der Waals surface area (Å²) >= 11 is 6.26. The Kier molecular flexibility index (Phi) is 37.1. The van der Waals surface area contributed by atoms with Crippen LogP contribution in [0.25, 0.3) is 10.8 Å². The molecule has 3 saturated heterocycles. The van der Waals surface area contributed by atoms with Crippen molar-refractivity contribution in [3.8, 4) is 0 Å². The number of carbonyl (C=O) groups is 17. The largest absolute Gasteiger partial charge is 0.394 e. The molecule has 3 aliphatic heterocycles. The van der Waals surface area contributed by atoms with E-state index in [2.05, 4.69) is 84.7 Å². The van der Waals surface area contributed by atoms with E-state index in [4.69, 9.17) is 17.3 Å². The first-order valence-corrected chi connectivity index (χ1v) is 40.1. The molecule has 4 heterocycles. The number of rotatable bonds is 46. The molecular formula is C80H110ClN19O18. The first-order chi connectivity index (χ1) is 56.2. The number of hydrogen-bond donors (Lipinski definition) is 18. The number of nitrogens with zero attached hydrogens (tertiary/aromatic N) is 2. The van der Waals surface area contributed by atoms with Crippen LogP contribution in [-0.2, 0) is 91.2 Å². The predicted octanol–water partition coefficient (Wildman–Crippen LogP) is -1.58. The SMILES string of the molecule is CC(=O)N[C@H](Cc1ccc2ccccc2c1)C(=O)N[C@H](Cc1ccc(Cl)cc1)C(=O)N[C@H](Cc1cccnc1)C(=O)N[C@@H](CO)C(=O)N[C@@H](CCCCNC(=O)[C@H]1NC(=O)NCC1=O)C(=O)N[C@H](CCCCNC(=O)[C@@H]1CC(=O)NC(=O)N1)C(=O)N[C@@H](CC(C)C)C(=O)N[C@@H](CCCCNC(C)C)C(=O)N1CCC[C@H]1C(=O)N[C@H](C)C(N)=O. The number of aliphatic hydroxyl groups excluding tert-OH is 1. The third-order valence-electron chi connectivity index (χ3n) is 19.8. The summed E-state index contributed by atoms with van der Waals surface area (Å²) in [5.41, 5.74) is 7.03. The van der Waals surface area contributed by atoms with E-state index in [9.17, 15) is 77.0 Å². The number of unbranched alkanes of at least 4 members (excludes halogenated alkanes) is 3. The lowest BCUT2D eigenvalue weighted by molar-refractivity contribution is -0.142. The Morgan fingerprint density at radius 3 is 1.66 bits per heavy atom. The first kappa shape index (κ1) is 93.4. The summed E-state index contributed by atoms with van der Waals surface area (Å²) in [5.74, 6) is -12.5. The maximum Gasteiger partial charge on any atom is 0.322 e. The van der Waals surface area contributed by atoms with Crippen LogP contribution in [0.15, 0.2) is 91.3 Å². The number of urea groups is 2. The summed E-state index contributed by atoms with van der Waals surface area (Å²) in [7, 11) is 0. The van der Waals surface area contributed by atoms with Crippen molar-refractivity contribution in [3.05, 3.63) is 113 Å². The Morgan fingerprint density at radius 1 is 0.551 bits per heavy atom. The molecule has 4 aromatic rings. The number of fused-ring (bicyclic) bond motifs is 1. The fourth-order valence-electron chi connectivity index (χ4n) is 13.5. The molecular weight excluding hydrogens is 1550 g/mol. The molecule has 19 N–H and O–H groups in total. The third kappa shape index (κ3) is 30.4. The summed E-state index contributed by atoms with van der Waals surface area (Å²) < 4.78 is 0. The summed E-state index contributed by atoms with van der Waals surface area (Å²) in [6.45, 7) is 9.01. The van der Waals surface area contributed by atoms with Gasteiger partial charge in [-0.05, 0) is 142 Å². The van der Waals surface area contributed by atoms with Crippen molar-refractivity contribution in [1.82, 2.24) is 95.0 Å². The maximum atomic E-state index is 15.2. The molecule has 640 valence electrons. The van der Waals surface area contributed by atoms with Crippen molar-refractivity contribution in [3.63, 3.8) is 0 Å². The minimum absolute atomic E-state index is 0.00200. The van der Waals surface area contributed by atoms with Gasteiger partial charge in [0.1, 0.15) is 66.5 Å². The molecule has 0 unspecified atom stereocenters. The van der Waals surface area contributed by atoms with Crippen molar-refractivity contribution >= 4 is 123 Å². The van der Waals surface area contributed by atoms with Gasteiger partial charge in [-0.1, -0.05) is 100.0 Å². The van der Waals surface area contributed by atoms with E-state index in [1.807, 2.05) is 55.6 Å². The number of nitrogens with two attached hydrogens (primary N) is 1. The second-order valence-electron chi connectivity index (χ2n) is 30.3. The fraction of sp³-hybridized carbons (Fsp3) is 0.525. The van der Waals surface area contributed by atoms with Gasteiger partial charge < -0.3 is 95.5 Å². The highest BCUT2D eigenvalue weighted by Gasteiger charge is 2.41. The summed E-state index contributed by atoms with van der Waals surface area (Å²) in [6, 6.07) is 4.16. The van der Waals surface area contributed by atoms with Gasteiger partial charge in [0.05, 0.1) is 19.6 Å². The van der Waals surface area contributed by atoms with E-state index in [1.165, 1.54) is 31.1 Å². The minimum Gasteiger partial charge on any atom is -0.394 e. The van der Waals surface area contributed by atoms with Gasteiger partial charge in [-0.15, -0.1) is 0 Å². The lowest BCUT2D eigenvalue weighted by Gasteiger charge is -2.31. The highest BCUT2D eigenvalue weighted by molar-refractivity contribution is 6.30. The molecule has 0 aliphatic carbocycles. The van der Waals surface area contributed by atoms with Crippen LogP contribution < -0.4 is 90.8 Å². The smallest absolute Gasteiger partial charge is 0.322 e. The van der Waals surface area contributed by atoms with Gasteiger partial charge in [-0.3, -0.25) is 82.2 Å². The molecule has 3 aliphatic rings. The zero-order valence-corrected chi connectivity index (χ0v) is 67.8. The quantitative estimate of drug-likeness (QED) is 0.0175. The average molecular weight is 1660 g/mol. The molecule has 18 amide bonds. The number of pyridine rings is 1. The number of carbonyl (C=O) groups excluding carboxylic acids is 17. The molecule has 37 nitrogen and oxygen atoms in total. The highest BCUT2D eigenvalue weighted by atomic mass is 35.5.